The van der Waals surface area contributed by atoms with Gasteiger partial charge in [0.15, 0.2) is 5.13 Å². The van der Waals surface area contributed by atoms with Crippen LogP contribution in [0.3, 0.4) is 0 Å². The molecule has 0 aliphatic rings. The Balaban J connectivity index is 2.84. The Morgan fingerprint density at radius 1 is 1.24 bits per heavy atom. The van der Waals surface area contributed by atoms with E-state index >= 15 is 0 Å². The van der Waals surface area contributed by atoms with Crippen molar-refractivity contribution in [1.29, 1.82) is 0 Å². The van der Waals surface area contributed by atoms with Gasteiger partial charge in [-0.05, 0) is 47.3 Å². The fourth-order valence-electron chi connectivity index (χ4n) is 2.55. The first-order chi connectivity index (χ1) is 10.0. The lowest BCUT2D eigenvalue weighted by atomic mass is 10.3. The summed E-state index contributed by atoms with van der Waals surface area (Å²) < 4.78 is 0. The summed E-state index contributed by atoms with van der Waals surface area (Å²) in [5.41, 5.74) is 1.26. The average molecular weight is 313 g/mol. The van der Waals surface area contributed by atoms with Crippen LogP contribution in [0.1, 0.15) is 44.7 Å². The highest BCUT2D eigenvalue weighted by molar-refractivity contribution is 7.15. The molecule has 5 heteroatoms. The van der Waals surface area contributed by atoms with E-state index in [1.165, 1.54) is 22.1 Å². The molecule has 21 heavy (non-hydrogen) atoms. The summed E-state index contributed by atoms with van der Waals surface area (Å²) in [6, 6.07) is 0.484. The molecule has 0 saturated heterocycles. The first-order valence-corrected chi connectivity index (χ1v) is 8.95. The van der Waals surface area contributed by atoms with Crippen LogP contribution in [0.5, 0.6) is 0 Å². The number of nitrogens with one attached hydrogen (secondary N) is 1. The molecule has 0 saturated carbocycles. The molecular formula is C16H32N4S. The van der Waals surface area contributed by atoms with Crippen LogP contribution >= 0.6 is 11.3 Å². The van der Waals surface area contributed by atoms with E-state index in [4.69, 9.17) is 4.98 Å². The van der Waals surface area contributed by atoms with Crippen molar-refractivity contribution in [2.45, 2.75) is 53.1 Å². The highest BCUT2D eigenvalue weighted by Crippen LogP contribution is 2.28. The predicted molar refractivity (Wildman–Crippen MR) is 94.5 cm³/mol. The lowest BCUT2D eigenvalue weighted by molar-refractivity contribution is 0.373. The van der Waals surface area contributed by atoms with E-state index < -0.39 is 0 Å². The van der Waals surface area contributed by atoms with Crippen LogP contribution in [0.25, 0.3) is 0 Å². The summed E-state index contributed by atoms with van der Waals surface area (Å²) in [5.74, 6) is 0. The molecule has 122 valence electrons. The second-order valence-electron chi connectivity index (χ2n) is 5.79. The Labute approximate surface area is 134 Å². The molecule has 0 bridgehead atoms. The van der Waals surface area contributed by atoms with Crippen LogP contribution < -0.4 is 10.2 Å². The number of aryl methyl sites for hydroxylation is 1. The van der Waals surface area contributed by atoms with Gasteiger partial charge in [-0.2, -0.15) is 0 Å². The van der Waals surface area contributed by atoms with Crippen LogP contribution in [0, 0.1) is 0 Å². The van der Waals surface area contributed by atoms with E-state index in [0.29, 0.717) is 6.04 Å². The first-order valence-electron chi connectivity index (χ1n) is 8.14. The van der Waals surface area contributed by atoms with Crippen molar-refractivity contribution >= 4 is 16.5 Å². The third-order valence-electron chi connectivity index (χ3n) is 3.56. The number of nitrogens with zero attached hydrogens (tertiary/aromatic N) is 3. The van der Waals surface area contributed by atoms with E-state index in [1.54, 1.807) is 0 Å². The highest BCUT2D eigenvalue weighted by atomic mass is 32.1. The minimum Gasteiger partial charge on any atom is -0.344 e. The number of rotatable bonds is 10. The third kappa shape index (κ3) is 5.57. The van der Waals surface area contributed by atoms with Gasteiger partial charge in [0, 0.05) is 30.6 Å². The van der Waals surface area contributed by atoms with E-state index in [9.17, 15) is 0 Å². The normalized spacial score (nSPS) is 12.9. The van der Waals surface area contributed by atoms with Crippen LogP contribution in [0.15, 0.2) is 0 Å². The molecule has 1 atom stereocenters. The van der Waals surface area contributed by atoms with E-state index in [1.807, 2.05) is 11.3 Å². The first kappa shape index (κ1) is 18.4. The Morgan fingerprint density at radius 2 is 1.95 bits per heavy atom. The van der Waals surface area contributed by atoms with Crippen LogP contribution in [-0.2, 0) is 13.0 Å². The summed E-state index contributed by atoms with van der Waals surface area (Å²) in [4.78, 5) is 11.0. The average Bonchev–Trinajstić information content (AvgIpc) is 2.82. The molecule has 1 N–H and O–H groups in total. The van der Waals surface area contributed by atoms with Crippen molar-refractivity contribution in [1.82, 2.24) is 15.2 Å². The molecule has 0 amide bonds. The Hall–Kier alpha value is -0.650. The monoisotopic (exact) mass is 312 g/mol. The van der Waals surface area contributed by atoms with Crippen LogP contribution in [0.2, 0.25) is 0 Å². The fraction of sp³-hybridized carbons (Fsp3) is 0.812. The van der Waals surface area contributed by atoms with Gasteiger partial charge < -0.3 is 15.1 Å². The zero-order valence-corrected chi connectivity index (χ0v) is 15.4. The standard InChI is InChI=1S/C16H32N4S/c1-7-10-17-11-15-14(8-2)18-16(21-15)20(9-3)13(4)12-19(5)6/h13,17H,7-12H2,1-6H3. The van der Waals surface area contributed by atoms with Crippen LogP contribution in [-0.4, -0.2) is 49.7 Å². The van der Waals surface area contributed by atoms with Crippen molar-refractivity contribution in [2.24, 2.45) is 0 Å². The van der Waals surface area contributed by atoms with Gasteiger partial charge in [0.2, 0.25) is 0 Å². The van der Waals surface area contributed by atoms with Gasteiger partial charge in [-0.25, -0.2) is 4.98 Å². The summed E-state index contributed by atoms with van der Waals surface area (Å²) in [6.07, 6.45) is 2.19. The Kier molecular flexibility index (Phi) is 8.22. The van der Waals surface area contributed by atoms with Crippen molar-refractivity contribution in [2.75, 3.05) is 38.6 Å². The minimum atomic E-state index is 0.484. The van der Waals surface area contributed by atoms with Gasteiger partial charge >= 0.3 is 0 Å². The maximum Gasteiger partial charge on any atom is 0.186 e. The van der Waals surface area contributed by atoms with Gasteiger partial charge in [0.05, 0.1) is 5.69 Å². The van der Waals surface area contributed by atoms with E-state index in [0.717, 1.165) is 32.6 Å². The summed E-state index contributed by atoms with van der Waals surface area (Å²) in [5, 5.41) is 4.68. The minimum absolute atomic E-state index is 0.484. The molecular weight excluding hydrogens is 280 g/mol. The SMILES string of the molecule is CCCNCc1sc(N(CC)C(C)CN(C)C)nc1CC. The predicted octanol–water partition coefficient (Wildman–Crippen LogP) is 2.98. The molecule has 1 rings (SSSR count). The van der Waals surface area contributed by atoms with E-state index in [-0.39, 0.29) is 0 Å². The molecule has 0 aliphatic heterocycles. The van der Waals surface area contributed by atoms with Crippen molar-refractivity contribution in [3.63, 3.8) is 0 Å². The number of hydrogen-bond donors (Lipinski definition) is 1. The topological polar surface area (TPSA) is 31.4 Å². The van der Waals surface area contributed by atoms with Gasteiger partial charge in [0.1, 0.15) is 0 Å². The van der Waals surface area contributed by atoms with Crippen molar-refractivity contribution in [3.8, 4) is 0 Å². The van der Waals surface area contributed by atoms with Crippen LogP contribution in [0.4, 0.5) is 5.13 Å². The molecule has 0 fully saturated rings. The molecule has 0 spiro atoms. The van der Waals surface area contributed by atoms with Gasteiger partial charge in [0.25, 0.3) is 0 Å². The number of hydrogen-bond acceptors (Lipinski definition) is 5. The van der Waals surface area contributed by atoms with E-state index in [2.05, 4.69) is 56.9 Å². The second-order valence-corrected chi connectivity index (χ2v) is 6.86. The van der Waals surface area contributed by atoms with Gasteiger partial charge in [-0.15, -0.1) is 11.3 Å². The summed E-state index contributed by atoms with van der Waals surface area (Å²) in [6.45, 7) is 13.0. The molecule has 4 nitrogen and oxygen atoms in total. The number of anilines is 1. The summed E-state index contributed by atoms with van der Waals surface area (Å²) >= 11 is 1.86. The maximum absolute atomic E-state index is 4.89. The number of aromatic nitrogens is 1. The number of thiazole rings is 1. The van der Waals surface area contributed by atoms with Crippen molar-refractivity contribution < 1.29 is 0 Å². The molecule has 1 unspecified atom stereocenters. The molecule has 0 aliphatic carbocycles. The maximum atomic E-state index is 4.89. The third-order valence-corrected chi connectivity index (χ3v) is 4.70. The van der Waals surface area contributed by atoms with Crippen molar-refractivity contribution in [3.05, 3.63) is 10.6 Å². The second kappa shape index (κ2) is 9.38. The molecule has 0 aromatic carbocycles. The summed E-state index contributed by atoms with van der Waals surface area (Å²) in [7, 11) is 4.26. The fourth-order valence-corrected chi connectivity index (χ4v) is 3.83. The largest absolute Gasteiger partial charge is 0.344 e. The molecule has 0 radical (unpaired) electrons. The Morgan fingerprint density at radius 3 is 2.48 bits per heavy atom. The van der Waals surface area contributed by atoms with Gasteiger partial charge in [-0.1, -0.05) is 13.8 Å². The smallest absolute Gasteiger partial charge is 0.186 e. The zero-order valence-electron chi connectivity index (χ0n) is 14.6. The Bertz CT molecular complexity index is 403. The lowest BCUT2D eigenvalue weighted by Crippen LogP contribution is -2.40. The number of likely N-dealkylation sites (N-methyl/N-ethyl adjacent to an activating group) is 2. The van der Waals surface area contributed by atoms with Gasteiger partial charge in [-0.3, -0.25) is 0 Å². The molecule has 1 aromatic heterocycles. The molecule has 1 aromatic rings. The quantitative estimate of drug-likeness (QED) is 0.673. The lowest BCUT2D eigenvalue weighted by Gasteiger charge is -2.29. The zero-order chi connectivity index (χ0) is 15.8. The highest BCUT2D eigenvalue weighted by Gasteiger charge is 2.19. The molecule has 1 heterocycles.